The Morgan fingerprint density at radius 3 is 2.64 bits per heavy atom. The van der Waals surface area contributed by atoms with Crippen molar-refractivity contribution < 1.29 is 23.5 Å². The highest BCUT2D eigenvalue weighted by atomic mass is 16.5. The number of hydrazine groups is 1. The molecule has 2 heterocycles. The fourth-order valence-electron chi connectivity index (χ4n) is 3.09. The van der Waals surface area contributed by atoms with E-state index in [1.807, 2.05) is 6.92 Å². The molecule has 148 valence electrons. The molecule has 0 aliphatic carbocycles. The van der Waals surface area contributed by atoms with E-state index in [1.165, 1.54) is 6.26 Å². The summed E-state index contributed by atoms with van der Waals surface area (Å²) in [5.41, 5.74) is 5.28. The fraction of sp³-hybridized carbons (Fsp3) is 0.350. The first-order valence-corrected chi connectivity index (χ1v) is 9.24. The van der Waals surface area contributed by atoms with Gasteiger partial charge in [-0.1, -0.05) is 0 Å². The summed E-state index contributed by atoms with van der Waals surface area (Å²) in [5.74, 6) is -0.447. The number of carbonyl (C=O) groups is 3. The number of nitrogens with zero attached hydrogens (tertiary/aromatic N) is 1. The number of piperidine rings is 1. The predicted molar refractivity (Wildman–Crippen MR) is 101 cm³/mol. The lowest BCUT2D eigenvalue weighted by atomic mass is 9.97. The van der Waals surface area contributed by atoms with Crippen LogP contribution in [0.15, 0.2) is 47.1 Å². The van der Waals surface area contributed by atoms with E-state index in [9.17, 15) is 14.4 Å². The third kappa shape index (κ3) is 4.70. The molecule has 1 aliphatic heterocycles. The van der Waals surface area contributed by atoms with Gasteiger partial charge in [-0.2, -0.15) is 0 Å². The summed E-state index contributed by atoms with van der Waals surface area (Å²) in [6.45, 7) is 3.28. The van der Waals surface area contributed by atoms with Crippen LogP contribution in [0, 0.1) is 5.92 Å². The van der Waals surface area contributed by atoms with Gasteiger partial charge in [-0.15, -0.1) is 0 Å². The molecule has 1 aromatic heterocycles. The Kier molecular flexibility index (Phi) is 6.31. The maximum Gasteiger partial charge on any atom is 0.289 e. The van der Waals surface area contributed by atoms with Crippen molar-refractivity contribution in [2.45, 2.75) is 19.8 Å². The molecule has 3 amide bonds. The van der Waals surface area contributed by atoms with Crippen LogP contribution in [0.5, 0.6) is 5.75 Å². The smallest absolute Gasteiger partial charge is 0.289 e. The lowest BCUT2D eigenvalue weighted by molar-refractivity contribution is -0.127. The van der Waals surface area contributed by atoms with Crippen LogP contribution in [-0.2, 0) is 4.79 Å². The third-order valence-electron chi connectivity index (χ3n) is 4.54. The maximum atomic E-state index is 12.4. The van der Waals surface area contributed by atoms with Crippen LogP contribution < -0.4 is 15.6 Å². The number of benzene rings is 1. The van der Waals surface area contributed by atoms with Gasteiger partial charge < -0.3 is 14.1 Å². The third-order valence-corrected chi connectivity index (χ3v) is 4.54. The van der Waals surface area contributed by atoms with E-state index in [1.54, 1.807) is 41.3 Å². The minimum atomic E-state index is -0.421. The number of rotatable bonds is 5. The lowest BCUT2D eigenvalue weighted by Gasteiger charge is -2.31. The molecule has 0 spiro atoms. The Labute approximate surface area is 162 Å². The Morgan fingerprint density at radius 2 is 1.96 bits per heavy atom. The SMILES string of the molecule is CCOc1ccc(C(=O)NNC(=O)[C@@H]2CCCN(C(=O)c3ccco3)C2)cc1. The second-order valence-corrected chi connectivity index (χ2v) is 6.47. The van der Waals surface area contributed by atoms with Crippen LogP contribution in [0.2, 0.25) is 0 Å². The lowest BCUT2D eigenvalue weighted by Crippen LogP contribution is -2.50. The van der Waals surface area contributed by atoms with Gasteiger partial charge in [-0.3, -0.25) is 25.2 Å². The van der Waals surface area contributed by atoms with Crippen molar-refractivity contribution in [3.63, 3.8) is 0 Å². The van der Waals surface area contributed by atoms with Crippen LogP contribution in [0.1, 0.15) is 40.7 Å². The van der Waals surface area contributed by atoms with Crippen LogP contribution in [0.25, 0.3) is 0 Å². The van der Waals surface area contributed by atoms with Crippen molar-refractivity contribution in [3.05, 3.63) is 54.0 Å². The number of hydrogen-bond acceptors (Lipinski definition) is 5. The molecular weight excluding hydrogens is 362 g/mol. The largest absolute Gasteiger partial charge is 0.494 e. The molecule has 8 heteroatoms. The molecule has 28 heavy (non-hydrogen) atoms. The summed E-state index contributed by atoms with van der Waals surface area (Å²) in [4.78, 5) is 38.6. The topological polar surface area (TPSA) is 101 Å². The van der Waals surface area contributed by atoms with Crippen molar-refractivity contribution in [2.24, 2.45) is 5.92 Å². The second-order valence-electron chi connectivity index (χ2n) is 6.47. The zero-order chi connectivity index (χ0) is 19.9. The molecule has 2 N–H and O–H groups in total. The van der Waals surface area contributed by atoms with Gasteiger partial charge in [0, 0.05) is 18.7 Å². The van der Waals surface area contributed by atoms with Crippen molar-refractivity contribution in [1.29, 1.82) is 0 Å². The summed E-state index contributed by atoms with van der Waals surface area (Å²) in [5, 5.41) is 0. The van der Waals surface area contributed by atoms with Crippen LogP contribution in [-0.4, -0.2) is 42.3 Å². The van der Waals surface area contributed by atoms with Gasteiger partial charge in [0.25, 0.3) is 11.8 Å². The van der Waals surface area contributed by atoms with Crippen LogP contribution in [0.4, 0.5) is 0 Å². The van der Waals surface area contributed by atoms with Gasteiger partial charge in [0.15, 0.2) is 5.76 Å². The van der Waals surface area contributed by atoms with Crippen LogP contribution >= 0.6 is 0 Å². The van der Waals surface area contributed by atoms with E-state index in [2.05, 4.69) is 10.9 Å². The zero-order valence-electron chi connectivity index (χ0n) is 15.6. The minimum Gasteiger partial charge on any atom is -0.494 e. The molecular formula is C20H23N3O5. The summed E-state index contributed by atoms with van der Waals surface area (Å²) < 4.78 is 10.5. The molecule has 0 unspecified atom stereocenters. The fourth-order valence-corrected chi connectivity index (χ4v) is 3.09. The number of likely N-dealkylation sites (tertiary alicyclic amines) is 1. The number of carbonyl (C=O) groups excluding carboxylic acids is 3. The molecule has 2 aromatic rings. The highest BCUT2D eigenvalue weighted by Crippen LogP contribution is 2.19. The maximum absolute atomic E-state index is 12.4. The second kappa shape index (κ2) is 9.07. The van der Waals surface area contributed by atoms with E-state index < -0.39 is 11.8 Å². The quantitative estimate of drug-likeness (QED) is 0.767. The number of ether oxygens (including phenoxy) is 1. The van der Waals surface area contributed by atoms with Crippen molar-refractivity contribution in [2.75, 3.05) is 19.7 Å². The van der Waals surface area contributed by atoms with Gasteiger partial charge in [-0.05, 0) is 56.2 Å². The van der Waals surface area contributed by atoms with E-state index in [-0.39, 0.29) is 24.1 Å². The molecule has 0 saturated carbocycles. The van der Waals surface area contributed by atoms with Crippen LogP contribution in [0.3, 0.4) is 0 Å². The standard InChI is InChI=1S/C20H23N3O5/c1-2-27-16-9-7-14(8-10-16)18(24)21-22-19(25)15-5-3-11-23(13-15)20(26)17-6-4-12-28-17/h4,6-10,12,15H,2-3,5,11,13H2,1H3,(H,21,24)(H,22,25)/t15-/m1/s1. The first-order chi connectivity index (χ1) is 13.6. The molecule has 1 atom stereocenters. The van der Waals surface area contributed by atoms with Gasteiger partial charge in [0.05, 0.1) is 18.8 Å². The van der Waals surface area contributed by atoms with Crippen molar-refractivity contribution in [1.82, 2.24) is 15.8 Å². The Morgan fingerprint density at radius 1 is 1.18 bits per heavy atom. The summed E-state index contributed by atoms with van der Waals surface area (Å²) in [6.07, 6.45) is 2.79. The molecule has 8 nitrogen and oxygen atoms in total. The highest BCUT2D eigenvalue weighted by molar-refractivity contribution is 5.96. The average molecular weight is 385 g/mol. The number of amides is 3. The summed E-state index contributed by atoms with van der Waals surface area (Å²) in [6, 6.07) is 9.88. The number of nitrogens with one attached hydrogen (secondary N) is 2. The Hall–Kier alpha value is -3.29. The summed E-state index contributed by atoms with van der Waals surface area (Å²) in [7, 11) is 0. The summed E-state index contributed by atoms with van der Waals surface area (Å²) >= 11 is 0. The van der Waals surface area contributed by atoms with E-state index >= 15 is 0 Å². The minimum absolute atomic E-state index is 0.235. The normalized spacial score (nSPS) is 16.3. The van der Waals surface area contributed by atoms with E-state index in [4.69, 9.17) is 9.15 Å². The van der Waals surface area contributed by atoms with Gasteiger partial charge in [0.1, 0.15) is 5.75 Å². The van der Waals surface area contributed by atoms with E-state index in [0.29, 0.717) is 37.3 Å². The number of hydrogen-bond donors (Lipinski definition) is 2. The van der Waals surface area contributed by atoms with Gasteiger partial charge >= 0.3 is 0 Å². The number of furan rings is 1. The molecule has 1 saturated heterocycles. The monoisotopic (exact) mass is 385 g/mol. The van der Waals surface area contributed by atoms with Gasteiger partial charge in [-0.25, -0.2) is 0 Å². The first-order valence-electron chi connectivity index (χ1n) is 9.24. The average Bonchev–Trinajstić information content (AvgIpc) is 3.27. The van der Waals surface area contributed by atoms with Gasteiger partial charge in [0.2, 0.25) is 5.91 Å². The molecule has 1 fully saturated rings. The molecule has 3 rings (SSSR count). The van der Waals surface area contributed by atoms with Crippen molar-refractivity contribution >= 4 is 17.7 Å². The highest BCUT2D eigenvalue weighted by Gasteiger charge is 2.30. The molecule has 1 aromatic carbocycles. The van der Waals surface area contributed by atoms with Crippen molar-refractivity contribution in [3.8, 4) is 5.75 Å². The van der Waals surface area contributed by atoms with E-state index in [0.717, 1.165) is 0 Å². The molecule has 0 bridgehead atoms. The predicted octanol–water partition coefficient (Wildman–Crippen LogP) is 1.99. The first kappa shape index (κ1) is 19.5. The Balaban J connectivity index is 1.51. The Bertz CT molecular complexity index is 817. The molecule has 0 radical (unpaired) electrons. The zero-order valence-corrected chi connectivity index (χ0v) is 15.6. The molecule has 1 aliphatic rings.